The molecule has 0 saturated carbocycles. The molecule has 0 bridgehead atoms. The van der Waals surface area contributed by atoms with Gasteiger partial charge in [0.15, 0.2) is 0 Å². The van der Waals surface area contributed by atoms with Crippen LogP contribution in [0.4, 0.5) is 0 Å². The minimum absolute atomic E-state index is 0.424. The molecule has 0 aliphatic heterocycles. The van der Waals surface area contributed by atoms with E-state index in [1.54, 1.807) is 0 Å². The third kappa shape index (κ3) is 3.45. The van der Waals surface area contributed by atoms with E-state index >= 15 is 0 Å². The Hall–Kier alpha value is -2.87. The van der Waals surface area contributed by atoms with E-state index in [1.165, 1.54) is 44.6 Å². The molecule has 4 rings (SSSR count). The normalized spacial score (nSPS) is 11.8. The molecule has 0 radical (unpaired) electrons. The van der Waals surface area contributed by atoms with E-state index in [0.29, 0.717) is 11.8 Å². The van der Waals surface area contributed by atoms with Crippen molar-refractivity contribution in [3.05, 3.63) is 82.4 Å². The largest absolute Gasteiger partial charge is 0.292 e. The summed E-state index contributed by atoms with van der Waals surface area (Å²) >= 11 is 0. The maximum absolute atomic E-state index is 5.19. The van der Waals surface area contributed by atoms with Crippen molar-refractivity contribution in [2.24, 2.45) is 0 Å². The highest BCUT2D eigenvalue weighted by Gasteiger charge is 2.22. The van der Waals surface area contributed by atoms with E-state index in [1.807, 2.05) is 0 Å². The first-order chi connectivity index (χ1) is 14.3. The van der Waals surface area contributed by atoms with Crippen molar-refractivity contribution in [2.45, 2.75) is 60.3 Å². The molecule has 0 aliphatic carbocycles. The standard InChI is InChI=1S/C28H32N2/c1-17(2)22-9-8-10-23(18(3)4)27(22)30-26-14-12-20(6)16-25(26)29-28(30)24-15-19(5)11-13-21(24)7/h8-18H,1-7H3. The molecule has 0 saturated heterocycles. The van der Waals surface area contributed by atoms with Gasteiger partial charge in [0.05, 0.1) is 16.7 Å². The zero-order valence-electron chi connectivity index (χ0n) is 19.2. The lowest BCUT2D eigenvalue weighted by Gasteiger charge is -2.23. The summed E-state index contributed by atoms with van der Waals surface area (Å²) in [7, 11) is 0. The molecule has 3 aromatic carbocycles. The van der Waals surface area contributed by atoms with Gasteiger partial charge in [-0.25, -0.2) is 4.98 Å². The van der Waals surface area contributed by atoms with Crippen LogP contribution in [0, 0.1) is 20.8 Å². The van der Waals surface area contributed by atoms with Gasteiger partial charge in [-0.1, -0.05) is 69.7 Å². The third-order valence-corrected chi connectivity index (χ3v) is 6.01. The van der Waals surface area contributed by atoms with Gasteiger partial charge in [0.1, 0.15) is 5.82 Å². The second kappa shape index (κ2) is 7.75. The SMILES string of the molecule is Cc1ccc(C)c(-c2nc3cc(C)ccc3n2-c2c(C(C)C)cccc2C(C)C)c1. The monoisotopic (exact) mass is 396 g/mol. The maximum Gasteiger partial charge on any atom is 0.146 e. The highest BCUT2D eigenvalue weighted by Crippen LogP contribution is 2.38. The van der Waals surface area contributed by atoms with Crippen molar-refractivity contribution in [3.8, 4) is 17.1 Å². The Morgan fingerprint density at radius 1 is 0.733 bits per heavy atom. The molecule has 154 valence electrons. The minimum Gasteiger partial charge on any atom is -0.292 e. The predicted octanol–water partition coefficient (Wildman–Crippen LogP) is 7.86. The first kappa shape index (κ1) is 20.4. The number of hydrogen-bond acceptors (Lipinski definition) is 1. The molecule has 4 aromatic rings. The number of imidazole rings is 1. The van der Waals surface area contributed by atoms with Gasteiger partial charge < -0.3 is 0 Å². The summed E-state index contributed by atoms with van der Waals surface area (Å²) in [6.45, 7) is 15.6. The van der Waals surface area contributed by atoms with Crippen LogP contribution in [-0.4, -0.2) is 9.55 Å². The molecule has 0 unspecified atom stereocenters. The lowest BCUT2D eigenvalue weighted by Crippen LogP contribution is -2.09. The molecule has 0 atom stereocenters. The Kier molecular flexibility index (Phi) is 5.27. The van der Waals surface area contributed by atoms with E-state index in [4.69, 9.17) is 4.98 Å². The van der Waals surface area contributed by atoms with E-state index in [9.17, 15) is 0 Å². The topological polar surface area (TPSA) is 17.8 Å². The highest BCUT2D eigenvalue weighted by molar-refractivity contribution is 5.85. The zero-order chi connectivity index (χ0) is 21.6. The number of fused-ring (bicyclic) bond motifs is 1. The van der Waals surface area contributed by atoms with Crippen LogP contribution in [0.3, 0.4) is 0 Å². The van der Waals surface area contributed by atoms with Crippen molar-refractivity contribution in [2.75, 3.05) is 0 Å². The quantitative estimate of drug-likeness (QED) is 0.343. The first-order valence-corrected chi connectivity index (χ1v) is 11.0. The van der Waals surface area contributed by atoms with Crippen LogP contribution < -0.4 is 0 Å². The summed E-state index contributed by atoms with van der Waals surface area (Å²) in [6.07, 6.45) is 0. The molecular formula is C28H32N2. The molecule has 0 aliphatic rings. The Bertz CT molecular complexity index is 1200. The fraction of sp³-hybridized carbons (Fsp3) is 0.321. The van der Waals surface area contributed by atoms with E-state index in [2.05, 4.69) is 108 Å². The molecule has 0 spiro atoms. The third-order valence-electron chi connectivity index (χ3n) is 6.01. The van der Waals surface area contributed by atoms with Gasteiger partial charge in [-0.2, -0.15) is 0 Å². The van der Waals surface area contributed by atoms with Gasteiger partial charge in [0.2, 0.25) is 0 Å². The number of para-hydroxylation sites is 1. The molecule has 2 heteroatoms. The van der Waals surface area contributed by atoms with Crippen LogP contribution in [0.2, 0.25) is 0 Å². The summed E-state index contributed by atoms with van der Waals surface area (Å²) in [4.78, 5) is 5.19. The number of nitrogens with zero attached hydrogens (tertiary/aromatic N) is 2. The van der Waals surface area contributed by atoms with Crippen LogP contribution in [0.15, 0.2) is 54.6 Å². The van der Waals surface area contributed by atoms with E-state index in [-0.39, 0.29) is 0 Å². The summed E-state index contributed by atoms with van der Waals surface area (Å²) in [5, 5.41) is 0. The lowest BCUT2D eigenvalue weighted by atomic mass is 9.92. The van der Waals surface area contributed by atoms with Crippen molar-refractivity contribution < 1.29 is 0 Å². The van der Waals surface area contributed by atoms with Crippen LogP contribution in [0.1, 0.15) is 67.3 Å². The number of hydrogen-bond donors (Lipinski definition) is 0. The minimum atomic E-state index is 0.424. The number of benzene rings is 3. The average molecular weight is 397 g/mol. The Balaban J connectivity index is 2.18. The Morgan fingerprint density at radius 2 is 1.33 bits per heavy atom. The second-order valence-electron chi connectivity index (χ2n) is 9.18. The van der Waals surface area contributed by atoms with E-state index < -0.39 is 0 Å². The Labute approximate surface area is 180 Å². The summed E-state index contributed by atoms with van der Waals surface area (Å²) in [5.74, 6) is 1.88. The van der Waals surface area contributed by atoms with Gasteiger partial charge in [-0.3, -0.25) is 4.57 Å². The molecule has 1 aromatic heterocycles. The van der Waals surface area contributed by atoms with Crippen LogP contribution in [0.5, 0.6) is 0 Å². The number of aryl methyl sites for hydroxylation is 3. The lowest BCUT2D eigenvalue weighted by molar-refractivity contribution is 0.811. The maximum atomic E-state index is 5.19. The van der Waals surface area contributed by atoms with Crippen LogP contribution in [0.25, 0.3) is 28.1 Å². The van der Waals surface area contributed by atoms with Gasteiger partial charge >= 0.3 is 0 Å². The van der Waals surface area contributed by atoms with Crippen LogP contribution >= 0.6 is 0 Å². The fourth-order valence-electron chi connectivity index (χ4n) is 4.34. The van der Waals surface area contributed by atoms with E-state index in [0.717, 1.165) is 11.3 Å². The Morgan fingerprint density at radius 3 is 1.97 bits per heavy atom. The fourth-order valence-corrected chi connectivity index (χ4v) is 4.34. The summed E-state index contributed by atoms with van der Waals surface area (Å²) in [5.41, 5.74) is 11.2. The average Bonchev–Trinajstić information content (AvgIpc) is 3.06. The molecule has 30 heavy (non-hydrogen) atoms. The van der Waals surface area contributed by atoms with Gasteiger partial charge in [-0.05, 0) is 73.1 Å². The van der Waals surface area contributed by atoms with Crippen molar-refractivity contribution in [1.82, 2.24) is 9.55 Å². The van der Waals surface area contributed by atoms with Crippen molar-refractivity contribution >= 4 is 11.0 Å². The molecule has 0 N–H and O–H groups in total. The van der Waals surface area contributed by atoms with Crippen molar-refractivity contribution in [3.63, 3.8) is 0 Å². The second-order valence-corrected chi connectivity index (χ2v) is 9.18. The highest BCUT2D eigenvalue weighted by atomic mass is 15.1. The summed E-state index contributed by atoms with van der Waals surface area (Å²) in [6, 6.07) is 20.0. The summed E-state index contributed by atoms with van der Waals surface area (Å²) < 4.78 is 2.42. The molecule has 1 heterocycles. The van der Waals surface area contributed by atoms with Gasteiger partial charge in [0, 0.05) is 5.56 Å². The first-order valence-electron chi connectivity index (χ1n) is 11.0. The van der Waals surface area contributed by atoms with Crippen LogP contribution in [-0.2, 0) is 0 Å². The predicted molar refractivity (Wildman–Crippen MR) is 129 cm³/mol. The smallest absolute Gasteiger partial charge is 0.146 e. The molecule has 0 amide bonds. The molecular weight excluding hydrogens is 364 g/mol. The van der Waals surface area contributed by atoms with Gasteiger partial charge in [-0.15, -0.1) is 0 Å². The zero-order valence-corrected chi connectivity index (χ0v) is 19.2. The molecule has 0 fully saturated rings. The number of aromatic nitrogens is 2. The van der Waals surface area contributed by atoms with Crippen molar-refractivity contribution in [1.29, 1.82) is 0 Å². The number of rotatable bonds is 4. The molecule has 2 nitrogen and oxygen atoms in total. The van der Waals surface area contributed by atoms with Gasteiger partial charge in [0.25, 0.3) is 0 Å².